The van der Waals surface area contributed by atoms with Crippen molar-refractivity contribution in [2.75, 3.05) is 47.6 Å². The van der Waals surface area contributed by atoms with Crippen LogP contribution in [0.2, 0.25) is 0 Å². The lowest BCUT2D eigenvalue weighted by Gasteiger charge is -2.37. The Balaban J connectivity index is 1.40. The predicted molar refractivity (Wildman–Crippen MR) is 159 cm³/mol. The largest absolute Gasteiger partial charge is 0.372 e. The van der Waals surface area contributed by atoms with Gasteiger partial charge in [-0.25, -0.2) is 22.8 Å². The highest BCUT2D eigenvalue weighted by atomic mass is 32.2. The molecule has 2 aliphatic rings. The van der Waals surface area contributed by atoms with Crippen molar-refractivity contribution < 1.29 is 12.8 Å². The zero-order valence-electron chi connectivity index (χ0n) is 23.6. The molecule has 1 saturated heterocycles. The lowest BCUT2D eigenvalue weighted by Crippen LogP contribution is -2.48. The van der Waals surface area contributed by atoms with Gasteiger partial charge in [0.25, 0.3) is 5.56 Å². The minimum absolute atomic E-state index is 0.115. The number of nitrogens with one attached hydrogen (secondary N) is 1. The molecule has 2 fully saturated rings. The van der Waals surface area contributed by atoms with Gasteiger partial charge < -0.3 is 15.1 Å². The number of alkyl halides is 1. The Bertz CT molecular complexity index is 1820. The van der Waals surface area contributed by atoms with Crippen molar-refractivity contribution >= 4 is 37.8 Å². The zero-order valence-corrected chi connectivity index (χ0v) is 24.4. The molecule has 2 aromatic heterocycles. The van der Waals surface area contributed by atoms with Gasteiger partial charge >= 0.3 is 0 Å². The number of nitrogens with zero attached hydrogens (tertiary/aromatic N) is 5. The molecule has 0 bridgehead atoms. The molecule has 1 unspecified atom stereocenters. The van der Waals surface area contributed by atoms with E-state index in [1.807, 2.05) is 44.4 Å². The number of piperazine rings is 1. The topological polar surface area (TPSA) is 100 Å². The van der Waals surface area contributed by atoms with E-state index >= 15 is 4.39 Å². The number of aryl methyl sites for hydroxylation is 2. The van der Waals surface area contributed by atoms with E-state index in [2.05, 4.69) is 25.1 Å². The van der Waals surface area contributed by atoms with E-state index < -0.39 is 21.5 Å². The molecule has 2 atom stereocenters. The molecule has 0 radical (unpaired) electrons. The fourth-order valence-electron chi connectivity index (χ4n) is 5.89. The van der Waals surface area contributed by atoms with Crippen LogP contribution >= 0.6 is 0 Å². The van der Waals surface area contributed by atoms with E-state index in [1.54, 1.807) is 29.8 Å². The molecule has 11 heteroatoms. The summed E-state index contributed by atoms with van der Waals surface area (Å²) in [4.78, 5) is 26.8. The van der Waals surface area contributed by atoms with Crippen molar-refractivity contribution in [3.05, 3.63) is 82.2 Å². The number of anilines is 3. The van der Waals surface area contributed by atoms with Crippen LogP contribution in [0.5, 0.6) is 0 Å². The number of fused-ring (bicyclic) bond motifs is 1. The van der Waals surface area contributed by atoms with Crippen molar-refractivity contribution in [3.8, 4) is 0 Å². The lowest BCUT2D eigenvalue weighted by molar-refractivity contribution is 0.437. The summed E-state index contributed by atoms with van der Waals surface area (Å²) in [5.41, 5.74) is 1.52. The molecule has 214 valence electrons. The molecule has 6 rings (SSSR count). The van der Waals surface area contributed by atoms with Crippen molar-refractivity contribution in [1.29, 1.82) is 0 Å². The first kappa shape index (κ1) is 27.2. The van der Waals surface area contributed by atoms with Gasteiger partial charge in [0.15, 0.2) is 9.84 Å². The van der Waals surface area contributed by atoms with Gasteiger partial charge in [-0.2, -0.15) is 0 Å². The average molecular weight is 577 g/mol. The summed E-state index contributed by atoms with van der Waals surface area (Å²) in [5.74, 6) is 1.48. The van der Waals surface area contributed by atoms with Gasteiger partial charge in [0.05, 0.1) is 34.2 Å². The van der Waals surface area contributed by atoms with Crippen molar-refractivity contribution in [2.45, 2.75) is 36.9 Å². The Morgan fingerprint density at radius 3 is 2.24 bits per heavy atom. The van der Waals surface area contributed by atoms with Crippen LogP contribution in [0.25, 0.3) is 10.8 Å². The lowest BCUT2D eigenvalue weighted by atomic mass is 9.94. The number of pyridine rings is 1. The second-order valence-corrected chi connectivity index (χ2v) is 13.1. The molecule has 2 aromatic carbocycles. The second-order valence-electron chi connectivity index (χ2n) is 11.1. The van der Waals surface area contributed by atoms with Crippen LogP contribution in [0, 0.1) is 13.8 Å². The number of para-hydroxylation sites is 1. The summed E-state index contributed by atoms with van der Waals surface area (Å²) < 4.78 is 42.1. The third-order valence-electron chi connectivity index (χ3n) is 8.21. The SMILES string of the molecule is Cc1cc(C2(Nc3ccccc3S(C)(=O)=O)C[C@H]2F)c2cc(N3CCN(c4cnc(C)nc4)CC3)n(C)c(=O)c2c1. The van der Waals surface area contributed by atoms with Crippen LogP contribution in [-0.2, 0) is 22.4 Å². The monoisotopic (exact) mass is 576 g/mol. The summed E-state index contributed by atoms with van der Waals surface area (Å²) in [6.07, 6.45) is 3.73. The number of hydrogen-bond donors (Lipinski definition) is 1. The molecular weight excluding hydrogens is 543 g/mol. The first-order valence-corrected chi connectivity index (χ1v) is 15.5. The number of halogens is 1. The van der Waals surface area contributed by atoms with Crippen LogP contribution in [-0.4, -0.2) is 61.6 Å². The van der Waals surface area contributed by atoms with Gasteiger partial charge in [0.1, 0.15) is 17.8 Å². The molecule has 1 N–H and O–H groups in total. The van der Waals surface area contributed by atoms with E-state index in [1.165, 1.54) is 6.07 Å². The minimum atomic E-state index is -3.55. The highest BCUT2D eigenvalue weighted by Gasteiger charge is 2.58. The van der Waals surface area contributed by atoms with Crippen LogP contribution in [0.4, 0.5) is 21.6 Å². The minimum Gasteiger partial charge on any atom is -0.372 e. The highest BCUT2D eigenvalue weighted by Crippen LogP contribution is 2.53. The molecule has 1 saturated carbocycles. The van der Waals surface area contributed by atoms with E-state index in [4.69, 9.17) is 0 Å². The van der Waals surface area contributed by atoms with Crippen LogP contribution in [0.1, 0.15) is 23.4 Å². The van der Waals surface area contributed by atoms with Gasteiger partial charge in [0, 0.05) is 51.3 Å². The predicted octanol–water partition coefficient (Wildman–Crippen LogP) is 3.72. The summed E-state index contributed by atoms with van der Waals surface area (Å²) in [7, 11) is -1.78. The summed E-state index contributed by atoms with van der Waals surface area (Å²) >= 11 is 0. The number of hydrogen-bond acceptors (Lipinski definition) is 8. The zero-order chi connectivity index (χ0) is 29.1. The molecule has 3 heterocycles. The molecule has 9 nitrogen and oxygen atoms in total. The van der Waals surface area contributed by atoms with E-state index in [0.29, 0.717) is 35.1 Å². The first-order valence-electron chi connectivity index (χ1n) is 13.6. The number of sulfone groups is 1. The smallest absolute Gasteiger partial charge is 0.259 e. The van der Waals surface area contributed by atoms with Crippen LogP contribution < -0.4 is 20.7 Å². The third kappa shape index (κ3) is 4.81. The molecule has 1 aliphatic heterocycles. The van der Waals surface area contributed by atoms with Gasteiger partial charge in [0.2, 0.25) is 0 Å². The average Bonchev–Trinajstić information content (AvgIpc) is 3.60. The Labute approximate surface area is 238 Å². The maximum Gasteiger partial charge on any atom is 0.259 e. The summed E-state index contributed by atoms with van der Waals surface area (Å²) in [6.45, 7) is 6.58. The van der Waals surface area contributed by atoms with Gasteiger partial charge in [-0.3, -0.25) is 9.36 Å². The normalized spacial score (nSPS) is 20.9. The van der Waals surface area contributed by atoms with Crippen molar-refractivity contribution in [3.63, 3.8) is 0 Å². The molecule has 4 aromatic rings. The molecule has 0 amide bonds. The van der Waals surface area contributed by atoms with Crippen LogP contribution in [0.3, 0.4) is 0 Å². The Morgan fingerprint density at radius 1 is 0.976 bits per heavy atom. The van der Waals surface area contributed by atoms with E-state index in [-0.39, 0.29) is 16.9 Å². The van der Waals surface area contributed by atoms with Crippen molar-refractivity contribution in [1.82, 2.24) is 14.5 Å². The Kier molecular flexibility index (Phi) is 6.52. The quantitative estimate of drug-likeness (QED) is 0.371. The highest BCUT2D eigenvalue weighted by molar-refractivity contribution is 7.90. The third-order valence-corrected chi connectivity index (χ3v) is 9.37. The summed E-state index contributed by atoms with van der Waals surface area (Å²) in [5, 5.41) is 4.44. The summed E-state index contributed by atoms with van der Waals surface area (Å²) in [6, 6.07) is 12.3. The van der Waals surface area contributed by atoms with Gasteiger partial charge in [-0.1, -0.05) is 18.2 Å². The van der Waals surface area contributed by atoms with Gasteiger partial charge in [-0.15, -0.1) is 0 Å². The fourth-order valence-corrected chi connectivity index (χ4v) is 6.73. The second kappa shape index (κ2) is 9.83. The maximum absolute atomic E-state index is 15.4. The Morgan fingerprint density at radius 2 is 1.61 bits per heavy atom. The molecular formula is C30H33FN6O3S. The maximum atomic E-state index is 15.4. The standard InChI is InChI=1S/C30H33FN6O3S/c1-19-13-23-22(24(14-19)30(16-27(30)31)34-25-7-5-6-8-26(25)41(4,39)40)15-28(35(3)29(23)38)37-11-9-36(10-12-37)21-17-32-20(2)33-18-21/h5-8,13-15,17-18,27,34H,9-12,16H2,1-4H3/t27-,30?/m1/s1. The number of rotatable bonds is 6. The van der Waals surface area contributed by atoms with Crippen LogP contribution in [0.15, 0.2) is 64.5 Å². The van der Waals surface area contributed by atoms with E-state index in [0.717, 1.165) is 42.2 Å². The van der Waals surface area contributed by atoms with Gasteiger partial charge in [-0.05, 0) is 54.6 Å². The molecule has 1 aliphatic carbocycles. The van der Waals surface area contributed by atoms with E-state index in [9.17, 15) is 13.2 Å². The number of benzene rings is 2. The number of aromatic nitrogens is 3. The molecule has 41 heavy (non-hydrogen) atoms. The molecule has 0 spiro atoms. The fraction of sp³-hybridized carbons (Fsp3) is 0.367. The first-order chi connectivity index (χ1) is 19.5. The van der Waals surface area contributed by atoms with Crippen molar-refractivity contribution in [2.24, 2.45) is 7.05 Å². The Hall–Kier alpha value is -3.99.